The first kappa shape index (κ1) is 13.1. The number of likely N-dealkylation sites (tertiary alicyclic amines) is 1. The van der Waals surface area contributed by atoms with Crippen LogP contribution in [0.2, 0.25) is 0 Å². The van der Waals surface area contributed by atoms with E-state index < -0.39 is 0 Å². The summed E-state index contributed by atoms with van der Waals surface area (Å²) in [4.78, 5) is 2.49. The van der Waals surface area contributed by atoms with Crippen molar-refractivity contribution in [2.24, 2.45) is 11.7 Å². The summed E-state index contributed by atoms with van der Waals surface area (Å²) in [6, 6.07) is 8.01. The average molecular weight is 245 g/mol. The molecule has 1 aliphatic heterocycles. The molecule has 0 bridgehead atoms. The zero-order chi connectivity index (χ0) is 13.0. The molecule has 0 radical (unpaired) electrons. The third-order valence-corrected chi connectivity index (χ3v) is 3.81. The second-order valence-corrected chi connectivity index (χ2v) is 5.38. The lowest BCUT2D eigenvalue weighted by molar-refractivity contribution is 0.273. The van der Waals surface area contributed by atoms with Gasteiger partial charge in [-0.2, -0.15) is 0 Å². The van der Waals surface area contributed by atoms with E-state index in [-0.39, 0.29) is 5.84 Å². The molecule has 0 aliphatic carbocycles. The first-order chi connectivity index (χ1) is 8.66. The molecule has 0 saturated carbocycles. The maximum Gasteiger partial charge on any atom is 0.123 e. The SMILES string of the molecule is CC1CCCN(Cc2ccccc2C(=N)N)CC1. The van der Waals surface area contributed by atoms with Gasteiger partial charge in [-0.05, 0) is 43.8 Å². The Morgan fingerprint density at radius 2 is 2.11 bits per heavy atom. The van der Waals surface area contributed by atoms with Gasteiger partial charge in [-0.3, -0.25) is 10.3 Å². The second-order valence-electron chi connectivity index (χ2n) is 5.38. The highest BCUT2D eigenvalue weighted by atomic mass is 15.1. The van der Waals surface area contributed by atoms with Crippen molar-refractivity contribution < 1.29 is 0 Å². The molecule has 1 heterocycles. The number of nitrogens with zero attached hydrogens (tertiary/aromatic N) is 1. The van der Waals surface area contributed by atoms with Gasteiger partial charge in [-0.25, -0.2) is 0 Å². The summed E-state index contributed by atoms with van der Waals surface area (Å²) in [6.45, 7) is 5.58. The van der Waals surface area contributed by atoms with Crippen molar-refractivity contribution in [3.8, 4) is 0 Å². The van der Waals surface area contributed by atoms with E-state index in [1.54, 1.807) is 0 Å². The fourth-order valence-electron chi connectivity index (χ4n) is 2.64. The van der Waals surface area contributed by atoms with Crippen LogP contribution in [-0.2, 0) is 6.54 Å². The van der Waals surface area contributed by atoms with Crippen LogP contribution in [0.4, 0.5) is 0 Å². The van der Waals surface area contributed by atoms with Crippen LogP contribution in [0, 0.1) is 11.3 Å². The van der Waals surface area contributed by atoms with Crippen LogP contribution < -0.4 is 5.73 Å². The highest BCUT2D eigenvalue weighted by molar-refractivity contribution is 5.96. The molecule has 1 saturated heterocycles. The highest BCUT2D eigenvalue weighted by Crippen LogP contribution is 2.19. The van der Waals surface area contributed by atoms with Gasteiger partial charge in [0.25, 0.3) is 0 Å². The molecule has 1 unspecified atom stereocenters. The van der Waals surface area contributed by atoms with Crippen molar-refractivity contribution in [3.63, 3.8) is 0 Å². The van der Waals surface area contributed by atoms with E-state index in [2.05, 4.69) is 17.9 Å². The number of hydrogen-bond acceptors (Lipinski definition) is 2. The Morgan fingerprint density at radius 1 is 1.33 bits per heavy atom. The third kappa shape index (κ3) is 3.33. The Balaban J connectivity index is 2.06. The van der Waals surface area contributed by atoms with E-state index in [1.807, 2.05) is 18.2 Å². The lowest BCUT2D eigenvalue weighted by Crippen LogP contribution is -2.26. The Bertz CT molecular complexity index is 414. The molecule has 1 atom stereocenters. The molecule has 0 aromatic heterocycles. The standard InChI is InChI=1S/C15H23N3/c1-12-5-4-9-18(10-8-12)11-13-6-2-3-7-14(13)15(16)17/h2-3,6-7,12H,4-5,8-11H2,1H3,(H3,16,17). The van der Waals surface area contributed by atoms with Crippen LogP contribution in [0.3, 0.4) is 0 Å². The minimum Gasteiger partial charge on any atom is -0.384 e. The quantitative estimate of drug-likeness (QED) is 0.635. The molecule has 1 aromatic rings. The molecule has 0 spiro atoms. The maximum absolute atomic E-state index is 7.63. The van der Waals surface area contributed by atoms with Crippen molar-refractivity contribution in [2.45, 2.75) is 32.7 Å². The Kier molecular flexibility index (Phi) is 4.37. The highest BCUT2D eigenvalue weighted by Gasteiger charge is 2.15. The summed E-state index contributed by atoms with van der Waals surface area (Å²) in [7, 11) is 0. The summed E-state index contributed by atoms with van der Waals surface area (Å²) in [5.41, 5.74) is 7.70. The van der Waals surface area contributed by atoms with Crippen molar-refractivity contribution in [3.05, 3.63) is 35.4 Å². The van der Waals surface area contributed by atoms with E-state index in [4.69, 9.17) is 11.1 Å². The van der Waals surface area contributed by atoms with E-state index in [0.717, 1.165) is 31.1 Å². The number of nitrogens with one attached hydrogen (secondary N) is 1. The Hall–Kier alpha value is -1.35. The topological polar surface area (TPSA) is 53.1 Å². The van der Waals surface area contributed by atoms with Crippen molar-refractivity contribution in [2.75, 3.05) is 13.1 Å². The predicted octanol–water partition coefficient (Wildman–Crippen LogP) is 2.59. The largest absolute Gasteiger partial charge is 0.384 e. The molecule has 2 rings (SSSR count). The maximum atomic E-state index is 7.63. The summed E-state index contributed by atoms with van der Waals surface area (Å²) in [5.74, 6) is 1.02. The normalized spacial score (nSPS) is 21.5. The number of amidine groups is 1. The van der Waals surface area contributed by atoms with Crippen LogP contribution in [0.5, 0.6) is 0 Å². The Labute approximate surface area is 109 Å². The summed E-state index contributed by atoms with van der Waals surface area (Å²) < 4.78 is 0. The lowest BCUT2D eigenvalue weighted by atomic mass is 10.0. The number of benzene rings is 1. The molecule has 1 fully saturated rings. The first-order valence-electron chi connectivity index (χ1n) is 6.81. The van der Waals surface area contributed by atoms with E-state index >= 15 is 0 Å². The summed E-state index contributed by atoms with van der Waals surface area (Å²) >= 11 is 0. The summed E-state index contributed by atoms with van der Waals surface area (Å²) in [5, 5.41) is 7.63. The van der Waals surface area contributed by atoms with Gasteiger partial charge in [0, 0.05) is 12.1 Å². The van der Waals surface area contributed by atoms with Gasteiger partial charge in [0.05, 0.1) is 0 Å². The minimum atomic E-state index is 0.175. The lowest BCUT2D eigenvalue weighted by Gasteiger charge is -2.21. The van der Waals surface area contributed by atoms with Gasteiger partial charge in [0.15, 0.2) is 0 Å². The van der Waals surface area contributed by atoms with E-state index in [0.29, 0.717) is 0 Å². The fraction of sp³-hybridized carbons (Fsp3) is 0.533. The molecule has 18 heavy (non-hydrogen) atoms. The van der Waals surface area contributed by atoms with Crippen molar-refractivity contribution >= 4 is 5.84 Å². The number of rotatable bonds is 3. The van der Waals surface area contributed by atoms with Crippen LogP contribution in [0.25, 0.3) is 0 Å². The summed E-state index contributed by atoms with van der Waals surface area (Å²) in [6.07, 6.45) is 3.90. The van der Waals surface area contributed by atoms with Crippen molar-refractivity contribution in [1.82, 2.24) is 4.90 Å². The predicted molar refractivity (Wildman–Crippen MR) is 75.8 cm³/mol. The van der Waals surface area contributed by atoms with Gasteiger partial charge < -0.3 is 5.73 Å². The monoisotopic (exact) mass is 245 g/mol. The number of hydrogen-bond donors (Lipinski definition) is 2. The number of nitrogen functional groups attached to an aromatic ring is 1. The molecule has 98 valence electrons. The van der Waals surface area contributed by atoms with Gasteiger partial charge in [0.2, 0.25) is 0 Å². The van der Waals surface area contributed by atoms with Crippen LogP contribution in [-0.4, -0.2) is 23.8 Å². The first-order valence-corrected chi connectivity index (χ1v) is 6.81. The molecule has 1 aromatic carbocycles. The van der Waals surface area contributed by atoms with Crippen LogP contribution in [0.1, 0.15) is 37.3 Å². The number of nitrogens with two attached hydrogens (primary N) is 1. The average Bonchev–Trinajstić information content (AvgIpc) is 2.55. The van der Waals surface area contributed by atoms with Gasteiger partial charge >= 0.3 is 0 Å². The van der Waals surface area contributed by atoms with Gasteiger partial charge in [-0.1, -0.05) is 31.2 Å². The fourth-order valence-corrected chi connectivity index (χ4v) is 2.64. The van der Waals surface area contributed by atoms with Crippen LogP contribution >= 0.6 is 0 Å². The smallest absolute Gasteiger partial charge is 0.123 e. The van der Waals surface area contributed by atoms with Gasteiger partial charge in [0.1, 0.15) is 5.84 Å². The third-order valence-electron chi connectivity index (χ3n) is 3.81. The van der Waals surface area contributed by atoms with Crippen molar-refractivity contribution in [1.29, 1.82) is 5.41 Å². The Morgan fingerprint density at radius 3 is 2.89 bits per heavy atom. The second kappa shape index (κ2) is 6.01. The molecule has 3 heteroatoms. The molecular formula is C15H23N3. The molecule has 0 amide bonds. The van der Waals surface area contributed by atoms with Gasteiger partial charge in [-0.15, -0.1) is 0 Å². The van der Waals surface area contributed by atoms with E-state index in [1.165, 1.54) is 24.8 Å². The molecular weight excluding hydrogens is 222 g/mol. The molecule has 3 nitrogen and oxygen atoms in total. The van der Waals surface area contributed by atoms with E-state index in [9.17, 15) is 0 Å². The zero-order valence-electron chi connectivity index (χ0n) is 11.2. The van der Waals surface area contributed by atoms with Crippen LogP contribution in [0.15, 0.2) is 24.3 Å². The molecule has 1 aliphatic rings. The minimum absolute atomic E-state index is 0.175. The molecule has 3 N–H and O–H groups in total. The zero-order valence-corrected chi connectivity index (χ0v) is 11.2.